The SMILES string of the molecule is Cc1ccc(Cl)cc1S(=O)(=O)NCC(O)c1ccc2c(c1)CCN2C. The number of anilines is 1. The Kier molecular flexibility index (Phi) is 5.06. The van der Waals surface area contributed by atoms with E-state index in [0.717, 1.165) is 18.7 Å². The molecule has 2 N–H and O–H groups in total. The lowest BCUT2D eigenvalue weighted by atomic mass is 10.0. The van der Waals surface area contributed by atoms with E-state index in [1.807, 2.05) is 25.2 Å². The van der Waals surface area contributed by atoms with Gasteiger partial charge in [-0.3, -0.25) is 0 Å². The van der Waals surface area contributed by atoms with Gasteiger partial charge in [-0.25, -0.2) is 13.1 Å². The number of hydrogen-bond acceptors (Lipinski definition) is 4. The van der Waals surface area contributed by atoms with E-state index in [1.54, 1.807) is 19.1 Å². The molecular formula is C18H21ClN2O3S. The third kappa shape index (κ3) is 3.82. The number of fused-ring (bicyclic) bond motifs is 1. The van der Waals surface area contributed by atoms with Crippen molar-refractivity contribution in [3.63, 3.8) is 0 Å². The van der Waals surface area contributed by atoms with Gasteiger partial charge in [0.1, 0.15) is 0 Å². The lowest BCUT2D eigenvalue weighted by molar-refractivity contribution is 0.182. The third-order valence-electron chi connectivity index (χ3n) is 4.52. The van der Waals surface area contributed by atoms with Crippen molar-refractivity contribution in [2.24, 2.45) is 0 Å². The molecule has 7 heteroatoms. The molecule has 1 unspecified atom stereocenters. The molecule has 0 saturated heterocycles. The van der Waals surface area contributed by atoms with Gasteiger partial charge in [0.05, 0.1) is 11.0 Å². The Morgan fingerprint density at radius 3 is 2.80 bits per heavy atom. The van der Waals surface area contributed by atoms with Gasteiger partial charge in [0, 0.05) is 30.8 Å². The first-order valence-electron chi connectivity index (χ1n) is 8.06. The average molecular weight is 381 g/mol. The molecule has 1 aliphatic heterocycles. The zero-order valence-corrected chi connectivity index (χ0v) is 15.7. The van der Waals surface area contributed by atoms with Crippen molar-refractivity contribution >= 4 is 27.3 Å². The first-order valence-corrected chi connectivity index (χ1v) is 9.92. The molecule has 3 rings (SSSR count). The maximum absolute atomic E-state index is 12.5. The van der Waals surface area contributed by atoms with Crippen LogP contribution in [0, 0.1) is 6.92 Å². The fourth-order valence-corrected chi connectivity index (χ4v) is 4.59. The number of nitrogens with one attached hydrogen (secondary N) is 1. The monoisotopic (exact) mass is 380 g/mol. The number of halogens is 1. The van der Waals surface area contributed by atoms with Crippen molar-refractivity contribution in [1.29, 1.82) is 0 Å². The molecule has 2 aromatic rings. The molecule has 0 aliphatic carbocycles. The molecule has 25 heavy (non-hydrogen) atoms. The van der Waals surface area contributed by atoms with Crippen LogP contribution >= 0.6 is 11.6 Å². The number of aryl methyl sites for hydroxylation is 1. The molecule has 0 saturated carbocycles. The maximum atomic E-state index is 12.5. The minimum atomic E-state index is -3.74. The minimum absolute atomic E-state index is 0.0943. The first kappa shape index (κ1) is 18.2. The normalized spacial score (nSPS) is 15.3. The number of hydrogen-bond donors (Lipinski definition) is 2. The van der Waals surface area contributed by atoms with Crippen molar-refractivity contribution in [2.45, 2.75) is 24.3 Å². The second-order valence-corrected chi connectivity index (χ2v) is 8.51. The summed E-state index contributed by atoms with van der Waals surface area (Å²) in [6, 6.07) is 10.5. The predicted octanol–water partition coefficient (Wildman–Crippen LogP) is 2.65. The summed E-state index contributed by atoms with van der Waals surface area (Å²) >= 11 is 5.90. The molecule has 0 amide bonds. The summed E-state index contributed by atoms with van der Waals surface area (Å²) in [5, 5.41) is 10.7. The smallest absolute Gasteiger partial charge is 0.240 e. The third-order valence-corrected chi connectivity index (χ3v) is 6.32. The van der Waals surface area contributed by atoms with E-state index in [1.165, 1.54) is 11.6 Å². The van der Waals surface area contributed by atoms with Gasteiger partial charge in [-0.2, -0.15) is 0 Å². The summed E-state index contributed by atoms with van der Waals surface area (Å²) in [6.07, 6.45) is 0.0188. The topological polar surface area (TPSA) is 69.6 Å². The molecule has 1 heterocycles. The summed E-state index contributed by atoms with van der Waals surface area (Å²) in [6.45, 7) is 2.57. The van der Waals surface area contributed by atoms with Crippen LogP contribution < -0.4 is 9.62 Å². The maximum Gasteiger partial charge on any atom is 0.240 e. The summed E-state index contributed by atoms with van der Waals surface area (Å²) in [7, 11) is -1.71. The van der Waals surface area contributed by atoms with Crippen LogP contribution in [-0.4, -0.2) is 33.7 Å². The van der Waals surface area contributed by atoms with Gasteiger partial charge in [0.25, 0.3) is 0 Å². The van der Waals surface area contributed by atoms with Crippen LogP contribution in [0.15, 0.2) is 41.3 Å². The highest BCUT2D eigenvalue weighted by Gasteiger charge is 2.21. The molecule has 0 spiro atoms. The van der Waals surface area contributed by atoms with Crippen LogP contribution in [0.2, 0.25) is 5.02 Å². The highest BCUT2D eigenvalue weighted by molar-refractivity contribution is 7.89. The standard InChI is InChI=1S/C18H21ClN2O3S/c1-12-3-5-15(19)10-18(12)25(23,24)20-11-17(22)14-4-6-16-13(9-14)7-8-21(16)2/h3-6,9-10,17,20,22H,7-8,11H2,1-2H3. The van der Waals surface area contributed by atoms with Crippen LogP contribution in [0.5, 0.6) is 0 Å². The van der Waals surface area contributed by atoms with Crippen LogP contribution in [0.3, 0.4) is 0 Å². The van der Waals surface area contributed by atoms with E-state index in [9.17, 15) is 13.5 Å². The van der Waals surface area contributed by atoms with Crippen molar-refractivity contribution in [2.75, 3.05) is 25.0 Å². The van der Waals surface area contributed by atoms with E-state index < -0.39 is 16.1 Å². The van der Waals surface area contributed by atoms with Gasteiger partial charge in [-0.1, -0.05) is 29.8 Å². The fourth-order valence-electron chi connectivity index (χ4n) is 3.04. The van der Waals surface area contributed by atoms with Gasteiger partial charge >= 0.3 is 0 Å². The molecule has 5 nitrogen and oxygen atoms in total. The molecule has 2 aromatic carbocycles. The van der Waals surface area contributed by atoms with Gasteiger partial charge in [-0.15, -0.1) is 0 Å². The number of likely N-dealkylation sites (N-methyl/N-ethyl adjacent to an activating group) is 1. The molecule has 0 aromatic heterocycles. The highest BCUT2D eigenvalue weighted by Crippen LogP contribution is 2.29. The number of rotatable bonds is 5. The van der Waals surface area contributed by atoms with E-state index in [4.69, 9.17) is 11.6 Å². The van der Waals surface area contributed by atoms with Crippen LogP contribution in [0.25, 0.3) is 0 Å². The van der Waals surface area contributed by atoms with Crippen LogP contribution in [-0.2, 0) is 16.4 Å². The Labute approximate surface area is 153 Å². The van der Waals surface area contributed by atoms with Gasteiger partial charge in [0.15, 0.2) is 0 Å². The Hall–Kier alpha value is -1.60. The largest absolute Gasteiger partial charge is 0.387 e. The molecule has 1 aliphatic rings. The van der Waals surface area contributed by atoms with Crippen molar-refractivity contribution in [3.05, 3.63) is 58.1 Å². The lowest BCUT2D eigenvalue weighted by Crippen LogP contribution is -2.29. The highest BCUT2D eigenvalue weighted by atomic mass is 35.5. The van der Waals surface area contributed by atoms with Crippen molar-refractivity contribution in [3.8, 4) is 0 Å². The average Bonchev–Trinajstić information content (AvgIpc) is 2.95. The molecule has 0 bridgehead atoms. The molecule has 0 fully saturated rings. The zero-order chi connectivity index (χ0) is 18.2. The first-order chi connectivity index (χ1) is 11.8. The molecule has 0 radical (unpaired) electrons. The van der Waals surface area contributed by atoms with Crippen molar-refractivity contribution < 1.29 is 13.5 Å². The number of nitrogens with zero attached hydrogens (tertiary/aromatic N) is 1. The molecule has 1 atom stereocenters. The number of sulfonamides is 1. The van der Waals surface area contributed by atoms with Crippen LogP contribution in [0.1, 0.15) is 22.8 Å². The Balaban J connectivity index is 1.74. The summed E-state index contributed by atoms with van der Waals surface area (Å²) in [4.78, 5) is 2.29. The summed E-state index contributed by atoms with van der Waals surface area (Å²) < 4.78 is 27.4. The van der Waals surface area contributed by atoms with E-state index in [-0.39, 0.29) is 11.4 Å². The summed E-state index contributed by atoms with van der Waals surface area (Å²) in [5.74, 6) is 0. The van der Waals surface area contributed by atoms with Crippen molar-refractivity contribution in [1.82, 2.24) is 4.72 Å². The minimum Gasteiger partial charge on any atom is -0.387 e. The van der Waals surface area contributed by atoms with E-state index in [2.05, 4.69) is 9.62 Å². The number of aliphatic hydroxyl groups excluding tert-OH is 1. The molecule has 134 valence electrons. The van der Waals surface area contributed by atoms with Gasteiger partial charge < -0.3 is 10.0 Å². The zero-order valence-electron chi connectivity index (χ0n) is 14.2. The van der Waals surface area contributed by atoms with E-state index >= 15 is 0 Å². The Morgan fingerprint density at radius 1 is 1.28 bits per heavy atom. The quantitative estimate of drug-likeness (QED) is 0.836. The van der Waals surface area contributed by atoms with E-state index in [0.29, 0.717) is 16.1 Å². The predicted molar refractivity (Wildman–Crippen MR) is 99.8 cm³/mol. The number of aliphatic hydroxyl groups is 1. The van der Waals surface area contributed by atoms with Gasteiger partial charge in [0.2, 0.25) is 10.0 Å². The fraction of sp³-hybridized carbons (Fsp3) is 0.333. The van der Waals surface area contributed by atoms with Gasteiger partial charge in [-0.05, 0) is 48.2 Å². The lowest BCUT2D eigenvalue weighted by Gasteiger charge is -2.16. The summed E-state index contributed by atoms with van der Waals surface area (Å²) in [5.41, 5.74) is 3.64. The Bertz CT molecular complexity index is 899. The second-order valence-electron chi connectivity index (χ2n) is 6.34. The molecular weight excluding hydrogens is 360 g/mol. The number of benzene rings is 2. The van der Waals surface area contributed by atoms with Crippen LogP contribution in [0.4, 0.5) is 5.69 Å². The Morgan fingerprint density at radius 2 is 2.04 bits per heavy atom. The second kappa shape index (κ2) is 6.96.